The number of aliphatic imine (C=N–C) groups is 1. The highest BCUT2D eigenvalue weighted by molar-refractivity contribution is 5.80. The highest BCUT2D eigenvalue weighted by Crippen LogP contribution is 2.21. The Hall–Kier alpha value is -1.60. The molecule has 1 saturated heterocycles. The van der Waals surface area contributed by atoms with E-state index in [0.29, 0.717) is 6.61 Å². The maximum atomic E-state index is 5.94. The van der Waals surface area contributed by atoms with Crippen molar-refractivity contribution >= 4 is 5.96 Å². The minimum atomic E-state index is 0.0542. The Morgan fingerprint density at radius 2 is 2.28 bits per heavy atom. The van der Waals surface area contributed by atoms with Gasteiger partial charge in [-0.05, 0) is 26.9 Å². The zero-order valence-corrected chi connectivity index (χ0v) is 16.2. The Balaban J connectivity index is 1.92. The molecule has 0 spiro atoms. The van der Waals surface area contributed by atoms with Gasteiger partial charge in [-0.3, -0.25) is 9.67 Å². The summed E-state index contributed by atoms with van der Waals surface area (Å²) in [4.78, 5) is 9.49. The van der Waals surface area contributed by atoms with Crippen LogP contribution in [0, 0.1) is 0 Å². The van der Waals surface area contributed by atoms with Gasteiger partial charge in [-0.2, -0.15) is 5.10 Å². The van der Waals surface area contributed by atoms with Crippen molar-refractivity contribution in [3.05, 3.63) is 18.0 Å². The molecule has 1 atom stereocenters. The Morgan fingerprint density at radius 1 is 1.44 bits per heavy atom. The van der Waals surface area contributed by atoms with Crippen LogP contribution in [0.25, 0.3) is 0 Å². The van der Waals surface area contributed by atoms with Gasteiger partial charge in [0.05, 0.1) is 25.9 Å². The second kappa shape index (κ2) is 10.4. The van der Waals surface area contributed by atoms with E-state index in [1.165, 1.54) is 12.8 Å². The average molecular weight is 351 g/mol. The number of hydrogen-bond acceptors (Lipinski definition) is 4. The van der Waals surface area contributed by atoms with Crippen LogP contribution in [0.4, 0.5) is 0 Å². The van der Waals surface area contributed by atoms with Gasteiger partial charge >= 0.3 is 0 Å². The van der Waals surface area contributed by atoms with Gasteiger partial charge in [-0.1, -0.05) is 13.3 Å². The van der Waals surface area contributed by atoms with Crippen LogP contribution in [0.1, 0.15) is 38.4 Å². The molecule has 0 amide bonds. The number of nitrogens with one attached hydrogen (secondary N) is 1. The molecule has 0 aliphatic carbocycles. The highest BCUT2D eigenvalue weighted by Gasteiger charge is 2.25. The van der Waals surface area contributed by atoms with Crippen LogP contribution in [0.2, 0.25) is 0 Å². The number of aryl methyl sites for hydroxylation is 1. The predicted molar refractivity (Wildman–Crippen MR) is 102 cm³/mol. The van der Waals surface area contributed by atoms with E-state index >= 15 is 0 Å². The molecule has 0 aromatic carbocycles. The van der Waals surface area contributed by atoms with E-state index in [9.17, 15) is 0 Å². The van der Waals surface area contributed by atoms with Gasteiger partial charge in [0.1, 0.15) is 6.10 Å². The Morgan fingerprint density at radius 3 is 2.96 bits per heavy atom. The monoisotopic (exact) mass is 350 g/mol. The van der Waals surface area contributed by atoms with E-state index < -0.39 is 0 Å². The topological polar surface area (TPSA) is 57.9 Å². The van der Waals surface area contributed by atoms with Gasteiger partial charge in [-0.15, -0.1) is 0 Å². The van der Waals surface area contributed by atoms with Gasteiger partial charge in [0, 0.05) is 38.4 Å². The smallest absolute Gasteiger partial charge is 0.194 e. The lowest BCUT2D eigenvalue weighted by atomic mass is 10.1. The first-order valence-corrected chi connectivity index (χ1v) is 9.46. The number of hydrogen-bond donors (Lipinski definition) is 1. The molecule has 7 nitrogen and oxygen atoms in total. The van der Waals surface area contributed by atoms with E-state index in [0.717, 1.165) is 50.8 Å². The van der Waals surface area contributed by atoms with Crippen LogP contribution in [0.3, 0.4) is 0 Å². The number of ether oxygens (including phenoxy) is 1. The molecule has 1 aliphatic rings. The molecule has 1 aromatic rings. The fourth-order valence-electron chi connectivity index (χ4n) is 2.94. The highest BCUT2D eigenvalue weighted by atomic mass is 16.5. The predicted octanol–water partition coefficient (Wildman–Crippen LogP) is 1.49. The fraction of sp³-hybridized carbons (Fsp3) is 0.778. The molecular formula is C18H34N6O. The molecule has 1 fully saturated rings. The molecular weight excluding hydrogens is 316 g/mol. The molecule has 1 aromatic heterocycles. The minimum absolute atomic E-state index is 0.0542. The van der Waals surface area contributed by atoms with Crippen molar-refractivity contribution < 1.29 is 4.74 Å². The molecule has 1 N–H and O–H groups in total. The molecule has 2 rings (SSSR count). The summed E-state index contributed by atoms with van der Waals surface area (Å²) in [6.07, 6.45) is 6.46. The van der Waals surface area contributed by atoms with Crippen molar-refractivity contribution in [1.82, 2.24) is 24.9 Å². The van der Waals surface area contributed by atoms with E-state index in [1.807, 2.05) is 24.1 Å². The molecule has 1 unspecified atom stereocenters. The van der Waals surface area contributed by atoms with Crippen LogP contribution in [-0.2, 0) is 11.8 Å². The zero-order chi connectivity index (χ0) is 18.1. The fourth-order valence-corrected chi connectivity index (χ4v) is 2.94. The molecule has 0 bridgehead atoms. The van der Waals surface area contributed by atoms with Gasteiger partial charge in [-0.25, -0.2) is 0 Å². The second-order valence-corrected chi connectivity index (χ2v) is 6.65. The third-order valence-corrected chi connectivity index (χ3v) is 4.43. The Kier molecular flexibility index (Phi) is 8.21. The van der Waals surface area contributed by atoms with Gasteiger partial charge in [0.15, 0.2) is 5.96 Å². The first-order valence-electron chi connectivity index (χ1n) is 9.46. The zero-order valence-electron chi connectivity index (χ0n) is 16.2. The first-order chi connectivity index (χ1) is 12.1. The summed E-state index contributed by atoms with van der Waals surface area (Å²) in [5.41, 5.74) is 1.13. The van der Waals surface area contributed by atoms with E-state index in [2.05, 4.69) is 41.1 Å². The van der Waals surface area contributed by atoms with Crippen LogP contribution in [0.5, 0.6) is 0 Å². The van der Waals surface area contributed by atoms with E-state index in [1.54, 1.807) is 0 Å². The number of nitrogens with zero attached hydrogens (tertiary/aromatic N) is 5. The van der Waals surface area contributed by atoms with E-state index in [-0.39, 0.29) is 6.10 Å². The summed E-state index contributed by atoms with van der Waals surface area (Å²) in [6, 6.07) is 0. The largest absolute Gasteiger partial charge is 0.370 e. The number of guanidine groups is 1. The molecule has 7 heteroatoms. The Bertz CT molecular complexity index is 529. The number of unbranched alkanes of at least 4 members (excludes halogenated alkanes) is 1. The molecule has 142 valence electrons. The van der Waals surface area contributed by atoms with E-state index in [4.69, 9.17) is 9.73 Å². The van der Waals surface area contributed by atoms with Crippen LogP contribution >= 0.6 is 0 Å². The molecule has 2 heterocycles. The summed E-state index contributed by atoms with van der Waals surface area (Å²) >= 11 is 0. The summed E-state index contributed by atoms with van der Waals surface area (Å²) in [5, 5.41) is 7.69. The van der Waals surface area contributed by atoms with Crippen LogP contribution in [0.15, 0.2) is 17.4 Å². The van der Waals surface area contributed by atoms with Crippen molar-refractivity contribution in [3.8, 4) is 0 Å². The number of aromatic nitrogens is 2. The lowest BCUT2D eigenvalue weighted by Crippen LogP contribution is -2.48. The number of morpholine rings is 1. The summed E-state index contributed by atoms with van der Waals surface area (Å²) in [7, 11) is 4.11. The molecule has 0 saturated carbocycles. The van der Waals surface area contributed by atoms with Gasteiger partial charge in [0.25, 0.3) is 0 Å². The molecule has 25 heavy (non-hydrogen) atoms. The summed E-state index contributed by atoms with van der Waals surface area (Å²) in [5.74, 6) is 0.989. The summed E-state index contributed by atoms with van der Waals surface area (Å²) < 4.78 is 7.76. The van der Waals surface area contributed by atoms with Crippen molar-refractivity contribution in [3.63, 3.8) is 0 Å². The van der Waals surface area contributed by atoms with Gasteiger partial charge in [0.2, 0.25) is 0 Å². The third-order valence-electron chi connectivity index (χ3n) is 4.43. The minimum Gasteiger partial charge on any atom is -0.370 e. The van der Waals surface area contributed by atoms with Crippen LogP contribution in [-0.4, -0.2) is 78.5 Å². The van der Waals surface area contributed by atoms with Crippen molar-refractivity contribution in [2.24, 2.45) is 12.0 Å². The second-order valence-electron chi connectivity index (χ2n) is 6.65. The SMILES string of the molecule is CCCCN(C)CCN=C(NCC)N1CCOC(c2cnn(C)c2)C1. The number of likely N-dealkylation sites (N-methyl/N-ethyl adjacent to an activating group) is 1. The average Bonchev–Trinajstić information content (AvgIpc) is 3.06. The molecule has 1 aliphatic heterocycles. The van der Waals surface area contributed by atoms with Crippen LogP contribution < -0.4 is 5.32 Å². The van der Waals surface area contributed by atoms with Gasteiger partial charge < -0.3 is 19.9 Å². The third kappa shape index (κ3) is 6.32. The summed E-state index contributed by atoms with van der Waals surface area (Å²) in [6.45, 7) is 10.6. The van der Waals surface area contributed by atoms with Crippen molar-refractivity contribution in [2.45, 2.75) is 32.8 Å². The maximum Gasteiger partial charge on any atom is 0.194 e. The Labute approximate surface area is 152 Å². The quantitative estimate of drug-likeness (QED) is 0.569. The van der Waals surface area contributed by atoms with Crippen molar-refractivity contribution in [2.75, 3.05) is 52.9 Å². The lowest BCUT2D eigenvalue weighted by Gasteiger charge is -2.35. The van der Waals surface area contributed by atoms with Crippen molar-refractivity contribution in [1.29, 1.82) is 0 Å². The standard InChI is InChI=1S/C18H34N6O/c1-5-7-9-22(3)10-8-20-18(19-6-2)24-11-12-25-17(15-24)16-13-21-23(4)14-16/h13-14,17H,5-12,15H2,1-4H3,(H,19,20). The maximum absolute atomic E-state index is 5.94. The number of rotatable bonds is 8. The first kappa shape index (κ1) is 19.7. The normalized spacial score (nSPS) is 18.8. The molecule has 0 radical (unpaired) electrons. The lowest BCUT2D eigenvalue weighted by molar-refractivity contribution is -0.00804.